The fraction of sp³-hybridized carbons (Fsp3) is 0.111. The molecule has 0 atom stereocenters. The van der Waals surface area contributed by atoms with Crippen molar-refractivity contribution in [3.63, 3.8) is 0 Å². The number of nitrogens with zero attached hydrogens (tertiary/aromatic N) is 4. The van der Waals surface area contributed by atoms with E-state index in [1.807, 2.05) is 0 Å². The van der Waals surface area contributed by atoms with Gasteiger partial charge in [0.15, 0.2) is 12.1 Å². The van der Waals surface area contributed by atoms with E-state index in [9.17, 15) is 4.79 Å². The third kappa shape index (κ3) is 1.39. The van der Waals surface area contributed by atoms with Crippen molar-refractivity contribution in [2.24, 2.45) is 0 Å². The molecule has 0 bridgehead atoms. The van der Waals surface area contributed by atoms with Gasteiger partial charge in [-0.15, -0.1) is 0 Å². The molecule has 0 aliphatic carbocycles. The van der Waals surface area contributed by atoms with Gasteiger partial charge in [-0.2, -0.15) is 5.10 Å². The van der Waals surface area contributed by atoms with E-state index in [0.29, 0.717) is 17.1 Å². The molecule has 0 aromatic carbocycles. The molecule has 0 N–H and O–H groups in total. The summed E-state index contributed by atoms with van der Waals surface area (Å²) < 4.78 is 1.54. The summed E-state index contributed by atoms with van der Waals surface area (Å²) in [7, 11) is 0. The number of hydrogen-bond acceptors (Lipinski definition) is 4. The van der Waals surface area contributed by atoms with Gasteiger partial charge in [0.1, 0.15) is 12.7 Å². The minimum absolute atomic E-state index is 0.592. The smallest absolute Gasteiger partial charge is 0.155 e. The van der Waals surface area contributed by atoms with Crippen LogP contribution in [0.1, 0.15) is 16.1 Å². The number of aldehydes is 1. The first kappa shape index (κ1) is 8.55. The molecule has 0 aliphatic heterocycles. The molecule has 2 heterocycles. The lowest BCUT2D eigenvalue weighted by atomic mass is 10.2. The summed E-state index contributed by atoms with van der Waals surface area (Å²) in [6, 6.07) is 3.44. The van der Waals surface area contributed by atoms with E-state index in [0.717, 1.165) is 6.29 Å². The minimum atomic E-state index is 0.592. The minimum Gasteiger partial charge on any atom is -0.298 e. The fourth-order valence-corrected chi connectivity index (χ4v) is 1.14. The molecule has 0 unspecified atom stereocenters. The van der Waals surface area contributed by atoms with Gasteiger partial charge in [-0.3, -0.25) is 4.79 Å². The van der Waals surface area contributed by atoms with Crippen LogP contribution >= 0.6 is 0 Å². The maximum absolute atomic E-state index is 10.6. The largest absolute Gasteiger partial charge is 0.298 e. The van der Waals surface area contributed by atoms with Gasteiger partial charge < -0.3 is 0 Å². The van der Waals surface area contributed by atoms with Gasteiger partial charge in [0.05, 0.1) is 5.69 Å². The van der Waals surface area contributed by atoms with Crippen molar-refractivity contribution in [3.05, 3.63) is 36.0 Å². The summed E-state index contributed by atoms with van der Waals surface area (Å²) in [5.41, 5.74) is 1.28. The van der Waals surface area contributed by atoms with Gasteiger partial charge in [-0.1, -0.05) is 0 Å². The van der Waals surface area contributed by atoms with Gasteiger partial charge in [0.2, 0.25) is 0 Å². The van der Waals surface area contributed by atoms with Crippen LogP contribution in [-0.2, 0) is 0 Å². The van der Waals surface area contributed by atoms with Gasteiger partial charge in [0.25, 0.3) is 0 Å². The number of rotatable bonds is 2. The van der Waals surface area contributed by atoms with Gasteiger partial charge in [-0.05, 0) is 19.1 Å². The summed E-state index contributed by atoms with van der Waals surface area (Å²) in [5, 5.41) is 3.94. The van der Waals surface area contributed by atoms with E-state index >= 15 is 0 Å². The first-order valence-corrected chi connectivity index (χ1v) is 4.09. The van der Waals surface area contributed by atoms with Crippen LogP contribution in [0.25, 0.3) is 5.82 Å². The average Bonchev–Trinajstić information content (AvgIpc) is 2.70. The van der Waals surface area contributed by atoms with Crippen molar-refractivity contribution in [2.45, 2.75) is 6.92 Å². The summed E-state index contributed by atoms with van der Waals surface area (Å²) >= 11 is 0. The number of carbonyl (C=O) groups excluding carboxylic acids is 1. The molecule has 0 aliphatic rings. The second kappa shape index (κ2) is 3.37. The van der Waals surface area contributed by atoms with Crippen LogP contribution in [0.5, 0.6) is 0 Å². The highest BCUT2D eigenvalue weighted by molar-refractivity contribution is 5.76. The zero-order chi connectivity index (χ0) is 9.97. The SMILES string of the molecule is Cc1nc(-n2cncn2)ccc1C=O. The molecule has 2 aromatic rings. The van der Waals surface area contributed by atoms with E-state index in [1.165, 1.54) is 6.33 Å². The summed E-state index contributed by atoms with van der Waals surface area (Å²) in [4.78, 5) is 18.6. The lowest BCUT2D eigenvalue weighted by Gasteiger charge is -2.01. The van der Waals surface area contributed by atoms with E-state index in [2.05, 4.69) is 15.1 Å². The molecular weight excluding hydrogens is 180 g/mol. The molecule has 14 heavy (non-hydrogen) atoms. The van der Waals surface area contributed by atoms with Crippen molar-refractivity contribution in [1.29, 1.82) is 0 Å². The Kier molecular flexibility index (Phi) is 2.06. The molecule has 0 saturated carbocycles. The topological polar surface area (TPSA) is 60.7 Å². The van der Waals surface area contributed by atoms with Crippen LogP contribution in [0.3, 0.4) is 0 Å². The second-order valence-corrected chi connectivity index (χ2v) is 2.80. The molecule has 70 valence electrons. The van der Waals surface area contributed by atoms with Crippen LogP contribution in [0, 0.1) is 6.92 Å². The third-order valence-electron chi connectivity index (χ3n) is 1.89. The quantitative estimate of drug-likeness (QED) is 0.653. The van der Waals surface area contributed by atoms with E-state index in [-0.39, 0.29) is 0 Å². The highest BCUT2D eigenvalue weighted by atomic mass is 16.1. The molecule has 2 rings (SSSR count). The molecule has 2 aromatic heterocycles. The van der Waals surface area contributed by atoms with Crippen LogP contribution < -0.4 is 0 Å². The van der Waals surface area contributed by atoms with E-state index in [4.69, 9.17) is 0 Å². The monoisotopic (exact) mass is 188 g/mol. The van der Waals surface area contributed by atoms with Crippen molar-refractivity contribution in [1.82, 2.24) is 19.7 Å². The van der Waals surface area contributed by atoms with Crippen molar-refractivity contribution in [2.75, 3.05) is 0 Å². The number of aryl methyl sites for hydroxylation is 1. The standard InChI is InChI=1S/C9H8N4O/c1-7-8(4-14)2-3-9(12-7)13-6-10-5-11-13/h2-6H,1H3. The summed E-state index contributed by atoms with van der Waals surface area (Å²) in [5.74, 6) is 0.658. The highest BCUT2D eigenvalue weighted by Gasteiger charge is 2.02. The molecule has 0 spiro atoms. The summed E-state index contributed by atoms with van der Waals surface area (Å²) in [6.07, 6.45) is 3.78. The number of hydrogen-bond donors (Lipinski definition) is 0. The average molecular weight is 188 g/mol. The Morgan fingerprint density at radius 1 is 1.43 bits per heavy atom. The second-order valence-electron chi connectivity index (χ2n) is 2.80. The summed E-state index contributed by atoms with van der Waals surface area (Å²) in [6.45, 7) is 1.78. The zero-order valence-corrected chi connectivity index (χ0v) is 7.58. The Bertz CT molecular complexity index is 450. The van der Waals surface area contributed by atoms with Gasteiger partial charge in [-0.25, -0.2) is 14.6 Å². The Hall–Kier alpha value is -2.04. The number of aromatic nitrogens is 4. The fourth-order valence-electron chi connectivity index (χ4n) is 1.14. The molecule has 0 radical (unpaired) electrons. The van der Waals surface area contributed by atoms with E-state index in [1.54, 1.807) is 30.1 Å². The first-order chi connectivity index (χ1) is 6.81. The van der Waals surface area contributed by atoms with Crippen LogP contribution in [0.4, 0.5) is 0 Å². The third-order valence-corrected chi connectivity index (χ3v) is 1.89. The maximum Gasteiger partial charge on any atom is 0.155 e. The van der Waals surface area contributed by atoms with Crippen molar-refractivity contribution < 1.29 is 4.79 Å². The van der Waals surface area contributed by atoms with Crippen molar-refractivity contribution >= 4 is 6.29 Å². The first-order valence-electron chi connectivity index (χ1n) is 4.09. The Morgan fingerprint density at radius 3 is 2.86 bits per heavy atom. The predicted molar refractivity (Wildman–Crippen MR) is 49.3 cm³/mol. The van der Waals surface area contributed by atoms with Crippen molar-refractivity contribution in [3.8, 4) is 5.82 Å². The van der Waals surface area contributed by atoms with Crippen LogP contribution in [0.2, 0.25) is 0 Å². The Balaban J connectivity index is 2.48. The molecule has 0 saturated heterocycles. The van der Waals surface area contributed by atoms with Crippen LogP contribution in [0.15, 0.2) is 24.8 Å². The number of pyridine rings is 1. The molecular formula is C9H8N4O. The maximum atomic E-state index is 10.6. The molecule has 5 nitrogen and oxygen atoms in total. The Morgan fingerprint density at radius 2 is 2.29 bits per heavy atom. The normalized spacial score (nSPS) is 10.1. The highest BCUT2D eigenvalue weighted by Crippen LogP contribution is 2.06. The van der Waals surface area contributed by atoms with Gasteiger partial charge in [0, 0.05) is 5.56 Å². The lowest BCUT2D eigenvalue weighted by Crippen LogP contribution is -2.01. The molecule has 0 amide bonds. The Labute approximate surface area is 80.4 Å². The van der Waals surface area contributed by atoms with E-state index < -0.39 is 0 Å². The van der Waals surface area contributed by atoms with Crippen LogP contribution in [-0.4, -0.2) is 26.0 Å². The zero-order valence-electron chi connectivity index (χ0n) is 7.58. The predicted octanol–water partition coefficient (Wildman–Crippen LogP) is 0.783. The lowest BCUT2D eigenvalue weighted by molar-refractivity contribution is 0.112. The molecule has 0 fully saturated rings. The van der Waals surface area contributed by atoms with Gasteiger partial charge >= 0.3 is 0 Å². The number of carbonyl (C=O) groups is 1. The molecule has 5 heteroatoms.